The Labute approximate surface area is 95.7 Å². The molecule has 0 aliphatic carbocycles. The van der Waals surface area contributed by atoms with Crippen LogP contribution in [0.5, 0.6) is 0 Å². The van der Waals surface area contributed by atoms with E-state index in [1.54, 1.807) is 28.8 Å². The second-order valence-electron chi connectivity index (χ2n) is 3.54. The van der Waals surface area contributed by atoms with Crippen LogP contribution in [0.3, 0.4) is 0 Å². The molecule has 0 amide bonds. The highest BCUT2D eigenvalue weighted by Crippen LogP contribution is 2.27. The predicted molar refractivity (Wildman–Crippen MR) is 60.6 cm³/mol. The highest BCUT2D eigenvalue weighted by Gasteiger charge is 2.15. The number of nitrogens with two attached hydrogens (primary N) is 1. The normalized spacial score (nSPS) is 10.9. The maximum Gasteiger partial charge on any atom is 0.174 e. The van der Waals surface area contributed by atoms with Crippen LogP contribution >= 0.6 is 0 Å². The van der Waals surface area contributed by atoms with E-state index in [1.807, 2.05) is 0 Å². The highest BCUT2D eigenvalue weighted by molar-refractivity contribution is 5.73. The van der Waals surface area contributed by atoms with Gasteiger partial charge in [0, 0.05) is 18.0 Å². The smallest absolute Gasteiger partial charge is 0.174 e. The van der Waals surface area contributed by atoms with Crippen molar-refractivity contribution < 1.29 is 4.39 Å². The number of hydrogen-bond donors (Lipinski definition) is 1. The number of benzene rings is 1. The SMILES string of the molecule is Nc1cccc(F)c1-c1nnc2ccncn12. The van der Waals surface area contributed by atoms with E-state index in [4.69, 9.17) is 5.73 Å². The summed E-state index contributed by atoms with van der Waals surface area (Å²) in [5.74, 6) is -0.0770. The number of halogens is 1. The van der Waals surface area contributed by atoms with Crippen LogP contribution in [0.2, 0.25) is 0 Å². The van der Waals surface area contributed by atoms with Gasteiger partial charge in [-0.15, -0.1) is 10.2 Å². The van der Waals surface area contributed by atoms with Crippen molar-refractivity contribution in [2.24, 2.45) is 0 Å². The summed E-state index contributed by atoms with van der Waals surface area (Å²) in [6.07, 6.45) is 3.12. The topological polar surface area (TPSA) is 69.1 Å². The molecule has 0 aliphatic rings. The molecule has 1 aromatic carbocycles. The summed E-state index contributed by atoms with van der Waals surface area (Å²) in [5.41, 5.74) is 6.92. The molecule has 3 rings (SSSR count). The van der Waals surface area contributed by atoms with E-state index in [0.717, 1.165) is 0 Å². The summed E-state index contributed by atoms with van der Waals surface area (Å²) in [6, 6.07) is 6.20. The van der Waals surface area contributed by atoms with Gasteiger partial charge in [-0.2, -0.15) is 0 Å². The largest absolute Gasteiger partial charge is 0.398 e. The van der Waals surface area contributed by atoms with Crippen LogP contribution in [-0.2, 0) is 0 Å². The molecular weight excluding hydrogens is 221 g/mol. The molecule has 3 aromatic rings. The minimum atomic E-state index is -0.428. The number of hydrogen-bond acceptors (Lipinski definition) is 4. The molecule has 6 heteroatoms. The molecule has 0 radical (unpaired) electrons. The summed E-state index contributed by atoms with van der Waals surface area (Å²) in [6.45, 7) is 0. The Morgan fingerprint density at radius 2 is 2.06 bits per heavy atom. The summed E-state index contributed by atoms with van der Waals surface area (Å²) in [5, 5.41) is 7.87. The van der Waals surface area contributed by atoms with Gasteiger partial charge in [-0.3, -0.25) is 4.40 Å². The van der Waals surface area contributed by atoms with E-state index in [-0.39, 0.29) is 5.56 Å². The van der Waals surface area contributed by atoms with Crippen molar-refractivity contribution in [3.8, 4) is 11.4 Å². The van der Waals surface area contributed by atoms with Crippen LogP contribution in [0, 0.1) is 5.82 Å². The Bertz CT molecular complexity index is 671. The van der Waals surface area contributed by atoms with Gasteiger partial charge >= 0.3 is 0 Å². The lowest BCUT2D eigenvalue weighted by Gasteiger charge is -2.04. The number of nitrogens with zero attached hydrogens (tertiary/aromatic N) is 4. The van der Waals surface area contributed by atoms with Crippen LogP contribution in [0.1, 0.15) is 0 Å². The van der Waals surface area contributed by atoms with Crippen molar-refractivity contribution in [1.29, 1.82) is 0 Å². The van der Waals surface area contributed by atoms with Gasteiger partial charge in [0.05, 0.1) is 5.56 Å². The zero-order chi connectivity index (χ0) is 11.8. The summed E-state index contributed by atoms with van der Waals surface area (Å²) in [4.78, 5) is 3.95. The molecule has 2 heterocycles. The fourth-order valence-electron chi connectivity index (χ4n) is 1.69. The molecule has 5 nitrogen and oxygen atoms in total. The molecule has 0 bridgehead atoms. The maximum absolute atomic E-state index is 13.8. The number of rotatable bonds is 1. The molecule has 2 N–H and O–H groups in total. The Morgan fingerprint density at radius 3 is 2.88 bits per heavy atom. The Morgan fingerprint density at radius 1 is 1.18 bits per heavy atom. The number of nitrogen functional groups attached to an aromatic ring is 1. The molecular formula is C11H8FN5. The van der Waals surface area contributed by atoms with Gasteiger partial charge in [-0.25, -0.2) is 9.37 Å². The van der Waals surface area contributed by atoms with Crippen LogP contribution in [0.15, 0.2) is 36.8 Å². The second kappa shape index (κ2) is 3.51. The van der Waals surface area contributed by atoms with Crippen LogP contribution in [0.25, 0.3) is 17.0 Å². The van der Waals surface area contributed by atoms with Gasteiger partial charge in [0.15, 0.2) is 11.5 Å². The molecule has 0 spiro atoms. The quantitative estimate of drug-likeness (QED) is 0.642. The minimum absolute atomic E-state index is 0.244. The summed E-state index contributed by atoms with van der Waals surface area (Å²) >= 11 is 0. The Kier molecular flexibility index (Phi) is 2.01. The third kappa shape index (κ3) is 1.42. The lowest BCUT2D eigenvalue weighted by molar-refractivity contribution is 0.630. The van der Waals surface area contributed by atoms with Crippen molar-refractivity contribution in [3.63, 3.8) is 0 Å². The van der Waals surface area contributed by atoms with Crippen LogP contribution < -0.4 is 5.73 Å². The van der Waals surface area contributed by atoms with Gasteiger partial charge in [0.2, 0.25) is 0 Å². The molecule has 0 saturated carbocycles. The fraction of sp³-hybridized carbons (Fsp3) is 0. The zero-order valence-electron chi connectivity index (χ0n) is 8.71. The third-order valence-corrected chi connectivity index (χ3v) is 2.48. The summed E-state index contributed by atoms with van der Waals surface area (Å²) < 4.78 is 15.4. The fourth-order valence-corrected chi connectivity index (χ4v) is 1.69. The molecule has 2 aromatic heterocycles. The lowest BCUT2D eigenvalue weighted by Crippen LogP contribution is -1.98. The first-order valence-corrected chi connectivity index (χ1v) is 4.96. The molecule has 0 saturated heterocycles. The summed E-state index contributed by atoms with van der Waals surface area (Å²) in [7, 11) is 0. The number of fused-ring (bicyclic) bond motifs is 1. The van der Waals surface area contributed by atoms with Gasteiger partial charge in [0.25, 0.3) is 0 Å². The van der Waals surface area contributed by atoms with Gasteiger partial charge in [-0.1, -0.05) is 6.07 Å². The van der Waals surface area contributed by atoms with Crippen molar-refractivity contribution in [1.82, 2.24) is 19.6 Å². The monoisotopic (exact) mass is 229 g/mol. The van der Waals surface area contributed by atoms with E-state index >= 15 is 0 Å². The number of anilines is 1. The Balaban J connectivity index is 2.35. The van der Waals surface area contributed by atoms with Crippen LogP contribution in [0.4, 0.5) is 10.1 Å². The van der Waals surface area contributed by atoms with Crippen molar-refractivity contribution >= 4 is 11.3 Å². The highest BCUT2D eigenvalue weighted by atomic mass is 19.1. The van der Waals surface area contributed by atoms with E-state index in [1.165, 1.54) is 12.4 Å². The minimum Gasteiger partial charge on any atom is -0.398 e. The van der Waals surface area contributed by atoms with E-state index < -0.39 is 5.82 Å². The first kappa shape index (κ1) is 9.71. The molecule has 0 atom stereocenters. The predicted octanol–water partition coefficient (Wildman–Crippen LogP) is 1.51. The lowest BCUT2D eigenvalue weighted by atomic mass is 10.1. The van der Waals surface area contributed by atoms with Gasteiger partial charge in [-0.05, 0) is 12.1 Å². The van der Waals surface area contributed by atoms with Crippen LogP contribution in [-0.4, -0.2) is 19.6 Å². The molecule has 84 valence electrons. The average molecular weight is 229 g/mol. The molecule has 17 heavy (non-hydrogen) atoms. The van der Waals surface area contributed by atoms with Crippen molar-refractivity contribution in [2.75, 3.05) is 5.73 Å². The van der Waals surface area contributed by atoms with Gasteiger partial charge < -0.3 is 5.73 Å². The first-order valence-electron chi connectivity index (χ1n) is 4.96. The van der Waals surface area contributed by atoms with Gasteiger partial charge in [0.1, 0.15) is 12.1 Å². The van der Waals surface area contributed by atoms with E-state index in [0.29, 0.717) is 17.2 Å². The van der Waals surface area contributed by atoms with Crippen molar-refractivity contribution in [2.45, 2.75) is 0 Å². The third-order valence-electron chi connectivity index (χ3n) is 2.48. The second-order valence-corrected chi connectivity index (χ2v) is 3.54. The maximum atomic E-state index is 13.8. The Hall–Kier alpha value is -2.50. The zero-order valence-corrected chi connectivity index (χ0v) is 8.71. The average Bonchev–Trinajstić information content (AvgIpc) is 2.73. The molecule has 0 fully saturated rings. The standard InChI is InChI=1S/C11H8FN5/c12-7-2-1-3-8(13)10(7)11-16-15-9-4-5-14-6-17(9)11/h1-6H,13H2. The molecule has 0 aliphatic heterocycles. The molecule has 0 unspecified atom stereocenters. The number of aromatic nitrogens is 4. The van der Waals surface area contributed by atoms with Crippen molar-refractivity contribution in [3.05, 3.63) is 42.6 Å². The van der Waals surface area contributed by atoms with E-state index in [9.17, 15) is 4.39 Å². The van der Waals surface area contributed by atoms with E-state index in [2.05, 4.69) is 15.2 Å². The first-order chi connectivity index (χ1) is 8.27.